The quantitative estimate of drug-likeness (QED) is 0.672. The van der Waals surface area contributed by atoms with E-state index in [0.29, 0.717) is 6.04 Å². The van der Waals surface area contributed by atoms with Crippen molar-refractivity contribution in [3.63, 3.8) is 0 Å². The molecule has 2 rings (SSSR count). The fourth-order valence-electron chi connectivity index (χ4n) is 2.06. The van der Waals surface area contributed by atoms with E-state index < -0.39 is 0 Å². The lowest BCUT2D eigenvalue weighted by molar-refractivity contribution is 0.280. The van der Waals surface area contributed by atoms with Crippen LogP contribution in [0.25, 0.3) is 0 Å². The van der Waals surface area contributed by atoms with Gasteiger partial charge in [-0.2, -0.15) is 0 Å². The molecule has 1 atom stereocenters. The van der Waals surface area contributed by atoms with Gasteiger partial charge in [0.05, 0.1) is 6.61 Å². The van der Waals surface area contributed by atoms with Crippen LogP contribution in [0.15, 0.2) is 18.2 Å². The fraction of sp³-hybridized carbons (Fsp3) is 0.455. The maximum Gasteiger partial charge on any atom is 0.0684 e. The van der Waals surface area contributed by atoms with Gasteiger partial charge in [0.2, 0.25) is 0 Å². The van der Waals surface area contributed by atoms with Gasteiger partial charge in [-0.15, -0.1) is 0 Å². The van der Waals surface area contributed by atoms with Crippen LogP contribution in [0, 0.1) is 0 Å². The second-order valence-electron chi connectivity index (χ2n) is 3.72. The summed E-state index contributed by atoms with van der Waals surface area (Å²) in [4.78, 5) is 0. The summed E-state index contributed by atoms with van der Waals surface area (Å²) in [6.45, 7) is 0.151. The predicted octanol–water partition coefficient (Wildman–Crippen LogP) is 0.995. The van der Waals surface area contributed by atoms with Gasteiger partial charge in [-0.05, 0) is 36.0 Å². The normalized spacial score (nSPS) is 21.2. The van der Waals surface area contributed by atoms with Gasteiger partial charge in [0.1, 0.15) is 0 Å². The summed E-state index contributed by atoms with van der Waals surface area (Å²) in [6, 6.07) is 6.42. The average molecular weight is 177 g/mol. The minimum Gasteiger partial charge on any atom is -0.392 e. The first kappa shape index (κ1) is 8.73. The van der Waals surface area contributed by atoms with Crippen LogP contribution in [0.3, 0.4) is 0 Å². The molecule has 0 saturated carbocycles. The monoisotopic (exact) mass is 177 g/mol. The van der Waals surface area contributed by atoms with Crippen molar-refractivity contribution in [3.8, 4) is 0 Å². The summed E-state index contributed by atoms with van der Waals surface area (Å²) in [6.07, 6.45) is 3.03. The van der Waals surface area contributed by atoms with Crippen LogP contribution in [0.4, 0.5) is 0 Å². The first-order valence-electron chi connectivity index (χ1n) is 4.77. The molecule has 2 heteroatoms. The molecule has 1 aliphatic rings. The largest absolute Gasteiger partial charge is 0.392 e. The maximum absolute atomic E-state index is 9.13. The zero-order valence-electron chi connectivity index (χ0n) is 7.66. The average Bonchev–Trinajstić information content (AvgIpc) is 2.16. The Morgan fingerprint density at radius 3 is 3.08 bits per heavy atom. The molecular formula is C11H15NO. The molecule has 2 nitrogen and oxygen atoms in total. The summed E-state index contributed by atoms with van der Waals surface area (Å²) in [5, 5.41) is 9.13. The van der Waals surface area contributed by atoms with E-state index in [1.165, 1.54) is 11.1 Å². The molecule has 0 radical (unpaired) electrons. The van der Waals surface area contributed by atoms with Gasteiger partial charge in [-0.25, -0.2) is 0 Å². The maximum atomic E-state index is 9.13. The van der Waals surface area contributed by atoms with Crippen LogP contribution in [0.1, 0.15) is 23.1 Å². The molecule has 0 heterocycles. The Labute approximate surface area is 78.4 Å². The van der Waals surface area contributed by atoms with Crippen LogP contribution in [0.2, 0.25) is 0 Å². The number of nitrogens with two attached hydrogens (primary N) is 1. The van der Waals surface area contributed by atoms with E-state index in [0.717, 1.165) is 24.8 Å². The van der Waals surface area contributed by atoms with Crippen molar-refractivity contribution in [2.75, 3.05) is 0 Å². The number of aliphatic hydroxyl groups excluding tert-OH is 1. The minimum atomic E-state index is 0.151. The molecule has 1 aliphatic carbocycles. The summed E-state index contributed by atoms with van der Waals surface area (Å²) in [5.41, 5.74) is 9.60. The van der Waals surface area contributed by atoms with Crippen molar-refractivity contribution >= 4 is 0 Å². The Hall–Kier alpha value is -0.860. The molecule has 0 bridgehead atoms. The third kappa shape index (κ3) is 1.60. The van der Waals surface area contributed by atoms with Gasteiger partial charge in [0, 0.05) is 6.04 Å². The molecular weight excluding hydrogens is 162 g/mol. The standard InChI is InChI=1S/C11H15NO/c12-10-4-5-11-8(6-10)2-1-3-9(11)7-13/h1-3,10,13H,4-7,12H2/t10-/m0/s1. The number of aliphatic hydroxyl groups is 1. The Morgan fingerprint density at radius 2 is 2.31 bits per heavy atom. The van der Waals surface area contributed by atoms with Crippen LogP contribution in [-0.4, -0.2) is 11.1 Å². The molecule has 70 valence electrons. The number of hydrogen-bond acceptors (Lipinski definition) is 2. The zero-order chi connectivity index (χ0) is 9.26. The van der Waals surface area contributed by atoms with E-state index in [1.807, 2.05) is 12.1 Å². The lowest BCUT2D eigenvalue weighted by atomic mass is 9.86. The third-order valence-electron chi connectivity index (χ3n) is 2.79. The number of hydrogen-bond donors (Lipinski definition) is 2. The summed E-state index contributed by atoms with van der Waals surface area (Å²) in [7, 11) is 0. The van der Waals surface area contributed by atoms with Gasteiger partial charge in [0.25, 0.3) is 0 Å². The van der Waals surface area contributed by atoms with E-state index >= 15 is 0 Å². The molecule has 13 heavy (non-hydrogen) atoms. The molecule has 1 aromatic carbocycles. The van der Waals surface area contributed by atoms with Crippen LogP contribution in [-0.2, 0) is 19.4 Å². The van der Waals surface area contributed by atoms with E-state index in [9.17, 15) is 0 Å². The van der Waals surface area contributed by atoms with E-state index in [-0.39, 0.29) is 6.61 Å². The smallest absolute Gasteiger partial charge is 0.0684 e. The second-order valence-corrected chi connectivity index (χ2v) is 3.72. The molecule has 0 spiro atoms. The Morgan fingerprint density at radius 1 is 1.46 bits per heavy atom. The van der Waals surface area contributed by atoms with Crippen molar-refractivity contribution in [2.45, 2.75) is 31.9 Å². The number of rotatable bonds is 1. The van der Waals surface area contributed by atoms with Crippen molar-refractivity contribution < 1.29 is 5.11 Å². The number of benzene rings is 1. The first-order valence-corrected chi connectivity index (χ1v) is 4.77. The molecule has 0 saturated heterocycles. The molecule has 0 fully saturated rings. The van der Waals surface area contributed by atoms with Crippen molar-refractivity contribution in [3.05, 3.63) is 34.9 Å². The highest BCUT2D eigenvalue weighted by Crippen LogP contribution is 2.23. The van der Waals surface area contributed by atoms with E-state index in [2.05, 4.69) is 6.07 Å². The fourth-order valence-corrected chi connectivity index (χ4v) is 2.06. The molecule has 3 N–H and O–H groups in total. The van der Waals surface area contributed by atoms with Gasteiger partial charge < -0.3 is 10.8 Å². The molecule has 0 unspecified atom stereocenters. The molecule has 0 amide bonds. The number of fused-ring (bicyclic) bond motifs is 1. The summed E-state index contributed by atoms with van der Waals surface area (Å²) >= 11 is 0. The Balaban J connectivity index is 2.39. The van der Waals surface area contributed by atoms with Gasteiger partial charge in [-0.3, -0.25) is 0 Å². The molecule has 1 aromatic rings. The van der Waals surface area contributed by atoms with Crippen molar-refractivity contribution in [1.29, 1.82) is 0 Å². The highest BCUT2D eigenvalue weighted by molar-refractivity contribution is 5.37. The molecule has 0 aromatic heterocycles. The topological polar surface area (TPSA) is 46.2 Å². The summed E-state index contributed by atoms with van der Waals surface area (Å²) < 4.78 is 0. The van der Waals surface area contributed by atoms with Gasteiger partial charge in [-0.1, -0.05) is 18.2 Å². The lowest BCUT2D eigenvalue weighted by Crippen LogP contribution is -2.28. The SMILES string of the molecule is N[C@H]1CCc2c(CO)cccc2C1. The minimum absolute atomic E-state index is 0.151. The highest BCUT2D eigenvalue weighted by Gasteiger charge is 2.16. The first-order chi connectivity index (χ1) is 6.31. The van der Waals surface area contributed by atoms with Gasteiger partial charge >= 0.3 is 0 Å². The van der Waals surface area contributed by atoms with Crippen LogP contribution < -0.4 is 5.73 Å². The zero-order valence-corrected chi connectivity index (χ0v) is 7.66. The van der Waals surface area contributed by atoms with E-state index in [4.69, 9.17) is 10.8 Å². The third-order valence-corrected chi connectivity index (χ3v) is 2.79. The predicted molar refractivity (Wildman–Crippen MR) is 52.4 cm³/mol. The van der Waals surface area contributed by atoms with Crippen LogP contribution >= 0.6 is 0 Å². The Kier molecular flexibility index (Phi) is 2.34. The van der Waals surface area contributed by atoms with Crippen molar-refractivity contribution in [2.24, 2.45) is 5.73 Å². The summed E-state index contributed by atoms with van der Waals surface area (Å²) in [5.74, 6) is 0. The molecule has 0 aliphatic heterocycles. The second kappa shape index (κ2) is 3.48. The Bertz CT molecular complexity index is 309. The van der Waals surface area contributed by atoms with E-state index in [1.54, 1.807) is 0 Å². The highest BCUT2D eigenvalue weighted by atomic mass is 16.3. The van der Waals surface area contributed by atoms with Crippen LogP contribution in [0.5, 0.6) is 0 Å². The lowest BCUT2D eigenvalue weighted by Gasteiger charge is -2.23. The van der Waals surface area contributed by atoms with Gasteiger partial charge in [0.15, 0.2) is 0 Å². The van der Waals surface area contributed by atoms with Crippen molar-refractivity contribution in [1.82, 2.24) is 0 Å².